The van der Waals surface area contributed by atoms with Crippen molar-refractivity contribution >= 4 is 0 Å². The van der Waals surface area contributed by atoms with Crippen LogP contribution in [0.3, 0.4) is 0 Å². The average molecular weight is 214 g/mol. The van der Waals surface area contributed by atoms with Crippen LogP contribution in [0.15, 0.2) is 0 Å². The Morgan fingerprint density at radius 1 is 1.27 bits per heavy atom. The molecule has 2 heteroatoms. The third kappa shape index (κ3) is 4.52. The zero-order chi connectivity index (χ0) is 11.5. The fraction of sp³-hybridized carbons (Fsp3) is 1.00. The Bertz CT molecular complexity index is 181. The molecule has 0 amide bonds. The van der Waals surface area contributed by atoms with Gasteiger partial charge in [0.1, 0.15) is 0 Å². The van der Waals surface area contributed by atoms with E-state index >= 15 is 0 Å². The molecule has 0 radical (unpaired) electrons. The zero-order valence-corrected chi connectivity index (χ0v) is 10.9. The summed E-state index contributed by atoms with van der Waals surface area (Å²) in [4.78, 5) is 0. The summed E-state index contributed by atoms with van der Waals surface area (Å²) < 4.78 is 11.7. The Labute approximate surface area is 94.3 Å². The smallest absolute Gasteiger partial charge is 0.157 e. The van der Waals surface area contributed by atoms with E-state index in [9.17, 15) is 0 Å². The summed E-state index contributed by atoms with van der Waals surface area (Å²) in [6.07, 6.45) is 3.84. The molecule has 0 spiro atoms. The average Bonchev–Trinajstić information content (AvgIpc) is 2.14. The molecule has 1 heterocycles. The lowest BCUT2D eigenvalue weighted by Crippen LogP contribution is -2.38. The number of rotatable bonds is 3. The molecule has 2 atom stereocenters. The van der Waals surface area contributed by atoms with Crippen LogP contribution in [0.25, 0.3) is 0 Å². The van der Waals surface area contributed by atoms with Crippen molar-refractivity contribution in [1.29, 1.82) is 0 Å². The second-order valence-corrected chi connectivity index (χ2v) is 6.08. The molecule has 15 heavy (non-hydrogen) atoms. The van der Waals surface area contributed by atoms with Gasteiger partial charge >= 0.3 is 0 Å². The normalized spacial score (nSPS) is 28.4. The van der Waals surface area contributed by atoms with Gasteiger partial charge in [0, 0.05) is 0 Å². The first kappa shape index (κ1) is 13.0. The summed E-state index contributed by atoms with van der Waals surface area (Å²) in [5, 5.41) is 0. The molecular weight excluding hydrogens is 188 g/mol. The molecule has 90 valence electrons. The monoisotopic (exact) mass is 214 g/mol. The van der Waals surface area contributed by atoms with Crippen molar-refractivity contribution in [2.45, 2.75) is 66.3 Å². The summed E-state index contributed by atoms with van der Waals surface area (Å²) in [7, 11) is 0. The minimum atomic E-state index is 0.0328. The lowest BCUT2D eigenvalue weighted by atomic mass is 9.85. The van der Waals surface area contributed by atoms with E-state index < -0.39 is 0 Å². The Kier molecular flexibility index (Phi) is 4.60. The SMILES string of the molecule is CC(C)CO[C@@H]1CCC[C@H](C(C)(C)C)O1. The van der Waals surface area contributed by atoms with Crippen LogP contribution in [0, 0.1) is 11.3 Å². The summed E-state index contributed by atoms with van der Waals surface area (Å²) in [6, 6.07) is 0. The van der Waals surface area contributed by atoms with Crippen molar-refractivity contribution in [2.75, 3.05) is 6.61 Å². The van der Waals surface area contributed by atoms with Crippen molar-refractivity contribution < 1.29 is 9.47 Å². The van der Waals surface area contributed by atoms with E-state index in [0.29, 0.717) is 12.0 Å². The van der Waals surface area contributed by atoms with Gasteiger partial charge in [-0.3, -0.25) is 0 Å². The number of hydrogen-bond acceptors (Lipinski definition) is 2. The molecule has 0 unspecified atom stereocenters. The third-order valence-corrected chi connectivity index (χ3v) is 2.80. The standard InChI is InChI=1S/C13H26O2/c1-10(2)9-14-12-8-6-7-11(15-12)13(3,4)5/h10-12H,6-9H2,1-5H3/t11-,12+/m1/s1. The predicted octanol–water partition coefficient (Wildman–Crippen LogP) is 3.60. The molecule has 0 aromatic heterocycles. The maximum absolute atomic E-state index is 5.98. The second kappa shape index (κ2) is 5.31. The lowest BCUT2D eigenvalue weighted by Gasteiger charge is -2.37. The Hall–Kier alpha value is -0.0800. The molecule has 1 saturated heterocycles. The van der Waals surface area contributed by atoms with Crippen LogP contribution in [0.2, 0.25) is 0 Å². The Morgan fingerprint density at radius 3 is 2.47 bits per heavy atom. The van der Waals surface area contributed by atoms with E-state index in [2.05, 4.69) is 34.6 Å². The molecule has 0 aromatic rings. The van der Waals surface area contributed by atoms with Crippen molar-refractivity contribution in [3.8, 4) is 0 Å². The van der Waals surface area contributed by atoms with Gasteiger partial charge in [0.05, 0.1) is 12.7 Å². The van der Waals surface area contributed by atoms with Gasteiger partial charge in [-0.25, -0.2) is 0 Å². The first-order valence-electron chi connectivity index (χ1n) is 6.16. The van der Waals surface area contributed by atoms with Gasteiger partial charge in [-0.2, -0.15) is 0 Å². The van der Waals surface area contributed by atoms with Gasteiger partial charge in [0.2, 0.25) is 0 Å². The van der Waals surface area contributed by atoms with Crippen LogP contribution in [-0.4, -0.2) is 19.0 Å². The highest BCUT2D eigenvalue weighted by Crippen LogP contribution is 2.32. The van der Waals surface area contributed by atoms with Gasteiger partial charge in [-0.15, -0.1) is 0 Å². The van der Waals surface area contributed by atoms with E-state index in [0.717, 1.165) is 13.0 Å². The summed E-state index contributed by atoms with van der Waals surface area (Å²) in [5.41, 5.74) is 0.236. The van der Waals surface area contributed by atoms with Crippen molar-refractivity contribution in [3.63, 3.8) is 0 Å². The van der Waals surface area contributed by atoms with Crippen LogP contribution >= 0.6 is 0 Å². The quantitative estimate of drug-likeness (QED) is 0.714. The van der Waals surface area contributed by atoms with Crippen LogP contribution in [-0.2, 0) is 9.47 Å². The van der Waals surface area contributed by atoms with Crippen molar-refractivity contribution in [3.05, 3.63) is 0 Å². The maximum Gasteiger partial charge on any atom is 0.157 e. The topological polar surface area (TPSA) is 18.5 Å². The second-order valence-electron chi connectivity index (χ2n) is 6.08. The largest absolute Gasteiger partial charge is 0.352 e. The van der Waals surface area contributed by atoms with E-state index in [-0.39, 0.29) is 11.7 Å². The molecule has 2 nitrogen and oxygen atoms in total. The van der Waals surface area contributed by atoms with Crippen LogP contribution in [0.5, 0.6) is 0 Å². The minimum Gasteiger partial charge on any atom is -0.352 e. The maximum atomic E-state index is 5.98. The van der Waals surface area contributed by atoms with E-state index in [4.69, 9.17) is 9.47 Å². The third-order valence-electron chi connectivity index (χ3n) is 2.80. The molecule has 0 aromatic carbocycles. The summed E-state index contributed by atoms with van der Waals surface area (Å²) in [6.45, 7) is 11.9. The Morgan fingerprint density at radius 2 is 1.93 bits per heavy atom. The molecule has 0 bridgehead atoms. The molecule has 1 aliphatic rings. The van der Waals surface area contributed by atoms with E-state index in [1.54, 1.807) is 0 Å². The highest BCUT2D eigenvalue weighted by atomic mass is 16.7. The molecule has 1 aliphatic heterocycles. The van der Waals surface area contributed by atoms with E-state index in [1.807, 2.05) is 0 Å². The molecular formula is C13H26O2. The van der Waals surface area contributed by atoms with Crippen molar-refractivity contribution in [1.82, 2.24) is 0 Å². The van der Waals surface area contributed by atoms with Crippen LogP contribution in [0.4, 0.5) is 0 Å². The number of ether oxygens (including phenoxy) is 2. The van der Waals surface area contributed by atoms with Crippen LogP contribution in [0.1, 0.15) is 53.9 Å². The number of hydrogen-bond donors (Lipinski definition) is 0. The van der Waals surface area contributed by atoms with Gasteiger partial charge in [0.25, 0.3) is 0 Å². The van der Waals surface area contributed by atoms with E-state index in [1.165, 1.54) is 12.8 Å². The fourth-order valence-corrected chi connectivity index (χ4v) is 1.85. The van der Waals surface area contributed by atoms with Gasteiger partial charge in [0.15, 0.2) is 6.29 Å². The highest BCUT2D eigenvalue weighted by molar-refractivity contribution is 4.78. The van der Waals surface area contributed by atoms with Crippen molar-refractivity contribution in [2.24, 2.45) is 11.3 Å². The molecule has 0 N–H and O–H groups in total. The fourth-order valence-electron chi connectivity index (χ4n) is 1.85. The molecule has 1 fully saturated rings. The Balaban J connectivity index is 2.36. The predicted molar refractivity (Wildman–Crippen MR) is 62.8 cm³/mol. The lowest BCUT2D eigenvalue weighted by molar-refractivity contribution is -0.218. The molecule has 1 rings (SSSR count). The highest BCUT2D eigenvalue weighted by Gasteiger charge is 2.31. The first-order chi connectivity index (χ1) is 6.89. The zero-order valence-electron chi connectivity index (χ0n) is 10.9. The van der Waals surface area contributed by atoms with Gasteiger partial charge in [-0.1, -0.05) is 34.6 Å². The minimum absolute atomic E-state index is 0.0328. The van der Waals surface area contributed by atoms with Gasteiger partial charge < -0.3 is 9.47 Å². The first-order valence-corrected chi connectivity index (χ1v) is 6.16. The van der Waals surface area contributed by atoms with Gasteiger partial charge in [-0.05, 0) is 30.6 Å². The molecule has 0 aliphatic carbocycles. The summed E-state index contributed by atoms with van der Waals surface area (Å²) in [5.74, 6) is 0.587. The van der Waals surface area contributed by atoms with Crippen LogP contribution < -0.4 is 0 Å². The summed E-state index contributed by atoms with van der Waals surface area (Å²) >= 11 is 0. The molecule has 0 saturated carbocycles.